The fourth-order valence-corrected chi connectivity index (χ4v) is 2.84. The van der Waals surface area contributed by atoms with Crippen molar-refractivity contribution in [1.29, 1.82) is 0 Å². The highest BCUT2D eigenvalue weighted by Gasteiger charge is 2.17. The van der Waals surface area contributed by atoms with Gasteiger partial charge in [0.2, 0.25) is 11.8 Å². The highest BCUT2D eigenvalue weighted by Crippen LogP contribution is 2.28. The molecule has 1 N–H and O–H groups in total. The van der Waals surface area contributed by atoms with Crippen LogP contribution in [0.5, 0.6) is 5.88 Å². The molecule has 24 heavy (non-hydrogen) atoms. The first kappa shape index (κ1) is 18.3. The van der Waals surface area contributed by atoms with Crippen LogP contribution in [0, 0.1) is 5.92 Å². The number of nitrogens with one attached hydrogen (secondary N) is 1. The minimum atomic E-state index is 0.0554. The summed E-state index contributed by atoms with van der Waals surface area (Å²) in [4.78, 5) is 12.5. The van der Waals surface area contributed by atoms with Crippen molar-refractivity contribution in [3.63, 3.8) is 0 Å². The standard InChI is InChI=1S/C19H29N3O2/c1-6-8-9-14(7-2)18(23)20-15-10-11-17-16(12-15)19(21-22(17)5)24-13(3)4/h10-14H,6-9H2,1-5H3,(H,20,23)/t14-/m0/s1. The number of ether oxygens (including phenoxy) is 1. The van der Waals surface area contributed by atoms with Crippen LogP contribution in [0.15, 0.2) is 18.2 Å². The predicted octanol–water partition coefficient (Wildman–Crippen LogP) is 4.52. The minimum Gasteiger partial charge on any atom is -0.473 e. The highest BCUT2D eigenvalue weighted by molar-refractivity contribution is 5.96. The summed E-state index contributed by atoms with van der Waals surface area (Å²) in [6, 6.07) is 5.84. The van der Waals surface area contributed by atoms with Crippen LogP contribution < -0.4 is 10.1 Å². The smallest absolute Gasteiger partial charge is 0.241 e. The molecule has 1 aromatic heterocycles. The van der Waals surface area contributed by atoms with E-state index in [9.17, 15) is 4.79 Å². The maximum absolute atomic E-state index is 12.5. The maximum Gasteiger partial charge on any atom is 0.241 e. The molecule has 0 saturated carbocycles. The fourth-order valence-electron chi connectivity index (χ4n) is 2.84. The largest absolute Gasteiger partial charge is 0.473 e. The van der Waals surface area contributed by atoms with Gasteiger partial charge in [0.15, 0.2) is 0 Å². The van der Waals surface area contributed by atoms with E-state index in [-0.39, 0.29) is 17.9 Å². The highest BCUT2D eigenvalue weighted by atomic mass is 16.5. The van der Waals surface area contributed by atoms with Crippen LogP contribution in [-0.2, 0) is 11.8 Å². The van der Waals surface area contributed by atoms with E-state index in [0.29, 0.717) is 5.88 Å². The van der Waals surface area contributed by atoms with Gasteiger partial charge in [0.25, 0.3) is 0 Å². The lowest BCUT2D eigenvalue weighted by Gasteiger charge is -2.14. The van der Waals surface area contributed by atoms with Crippen LogP contribution in [0.4, 0.5) is 5.69 Å². The van der Waals surface area contributed by atoms with Gasteiger partial charge >= 0.3 is 0 Å². The van der Waals surface area contributed by atoms with E-state index in [1.54, 1.807) is 4.68 Å². The lowest BCUT2D eigenvalue weighted by molar-refractivity contribution is -0.120. The monoisotopic (exact) mass is 331 g/mol. The number of fused-ring (bicyclic) bond motifs is 1. The number of hydrogen-bond donors (Lipinski definition) is 1. The van der Waals surface area contributed by atoms with Crippen molar-refractivity contribution < 1.29 is 9.53 Å². The zero-order valence-electron chi connectivity index (χ0n) is 15.4. The summed E-state index contributed by atoms with van der Waals surface area (Å²) in [5.41, 5.74) is 1.78. The van der Waals surface area contributed by atoms with Crippen molar-refractivity contribution in [3.8, 4) is 5.88 Å². The van der Waals surface area contributed by atoms with Gasteiger partial charge in [0.05, 0.1) is 17.0 Å². The molecular formula is C19H29N3O2. The van der Waals surface area contributed by atoms with E-state index < -0.39 is 0 Å². The number of unbranched alkanes of at least 4 members (excludes halogenated alkanes) is 1. The number of carbonyl (C=O) groups excluding carboxylic acids is 1. The van der Waals surface area contributed by atoms with Gasteiger partial charge < -0.3 is 10.1 Å². The van der Waals surface area contributed by atoms with Crippen LogP contribution in [0.2, 0.25) is 0 Å². The van der Waals surface area contributed by atoms with Crippen molar-refractivity contribution in [2.75, 3.05) is 5.32 Å². The Bertz CT molecular complexity index is 691. The van der Waals surface area contributed by atoms with E-state index in [1.165, 1.54) is 0 Å². The zero-order chi connectivity index (χ0) is 17.7. The van der Waals surface area contributed by atoms with Crippen molar-refractivity contribution >= 4 is 22.5 Å². The van der Waals surface area contributed by atoms with Gasteiger partial charge in [0, 0.05) is 18.7 Å². The molecule has 0 unspecified atom stereocenters. The van der Waals surface area contributed by atoms with Crippen LogP contribution in [0.1, 0.15) is 53.4 Å². The summed E-state index contributed by atoms with van der Waals surface area (Å²) in [5, 5.41) is 8.40. The number of benzene rings is 1. The molecule has 1 heterocycles. The second-order valence-corrected chi connectivity index (χ2v) is 6.56. The third-order valence-electron chi connectivity index (χ3n) is 4.20. The molecule has 0 bridgehead atoms. The summed E-state index contributed by atoms with van der Waals surface area (Å²) in [6.45, 7) is 8.17. The van der Waals surface area contributed by atoms with Crippen molar-refractivity contribution in [2.45, 2.75) is 59.5 Å². The van der Waals surface area contributed by atoms with Gasteiger partial charge in [-0.15, -0.1) is 5.10 Å². The van der Waals surface area contributed by atoms with Gasteiger partial charge in [-0.2, -0.15) is 0 Å². The SMILES string of the molecule is CCCC[C@H](CC)C(=O)Nc1ccc2c(c1)c(OC(C)C)nn2C. The molecule has 0 fully saturated rings. The van der Waals surface area contributed by atoms with E-state index in [0.717, 1.165) is 42.3 Å². The number of anilines is 1. The number of amides is 1. The summed E-state index contributed by atoms with van der Waals surface area (Å²) < 4.78 is 7.59. The predicted molar refractivity (Wildman–Crippen MR) is 98.4 cm³/mol. The van der Waals surface area contributed by atoms with Crippen molar-refractivity contribution in [1.82, 2.24) is 9.78 Å². The Labute approximate surface area is 144 Å². The van der Waals surface area contributed by atoms with Crippen LogP contribution in [0.25, 0.3) is 10.9 Å². The summed E-state index contributed by atoms with van der Waals surface area (Å²) >= 11 is 0. The number of carbonyl (C=O) groups is 1. The lowest BCUT2D eigenvalue weighted by Crippen LogP contribution is -2.22. The number of aryl methyl sites for hydroxylation is 1. The summed E-state index contributed by atoms with van der Waals surface area (Å²) in [6.07, 6.45) is 4.06. The molecule has 0 aliphatic heterocycles. The summed E-state index contributed by atoms with van der Waals surface area (Å²) in [7, 11) is 1.89. The van der Waals surface area contributed by atoms with Gasteiger partial charge in [-0.3, -0.25) is 9.48 Å². The van der Waals surface area contributed by atoms with Crippen LogP contribution in [0.3, 0.4) is 0 Å². The number of rotatable bonds is 8. The number of nitrogens with zero attached hydrogens (tertiary/aromatic N) is 2. The van der Waals surface area contributed by atoms with E-state index in [1.807, 2.05) is 39.1 Å². The topological polar surface area (TPSA) is 56.1 Å². The molecule has 0 aliphatic rings. The quantitative estimate of drug-likeness (QED) is 0.774. The Morgan fingerprint density at radius 1 is 1.33 bits per heavy atom. The van der Waals surface area contributed by atoms with Gasteiger partial charge in [-0.25, -0.2) is 0 Å². The van der Waals surface area contributed by atoms with Crippen LogP contribution >= 0.6 is 0 Å². The normalized spacial score (nSPS) is 12.6. The molecule has 1 aromatic carbocycles. The van der Waals surface area contributed by atoms with Gasteiger partial charge in [-0.05, 0) is 44.9 Å². The Morgan fingerprint density at radius 3 is 2.71 bits per heavy atom. The molecule has 5 heteroatoms. The second kappa shape index (κ2) is 8.18. The molecule has 5 nitrogen and oxygen atoms in total. The third-order valence-corrected chi connectivity index (χ3v) is 4.20. The van der Waals surface area contributed by atoms with E-state index in [2.05, 4.69) is 24.3 Å². The third kappa shape index (κ3) is 4.28. The van der Waals surface area contributed by atoms with Gasteiger partial charge in [-0.1, -0.05) is 26.7 Å². The molecule has 1 amide bonds. The van der Waals surface area contributed by atoms with Crippen LogP contribution in [-0.4, -0.2) is 21.8 Å². The lowest BCUT2D eigenvalue weighted by atomic mass is 9.98. The molecule has 0 radical (unpaired) electrons. The Kier molecular flexibility index (Phi) is 6.23. The average molecular weight is 331 g/mol. The molecule has 0 saturated heterocycles. The number of aromatic nitrogens is 2. The molecule has 0 spiro atoms. The number of hydrogen-bond acceptors (Lipinski definition) is 3. The average Bonchev–Trinajstić information content (AvgIpc) is 2.83. The first-order chi connectivity index (χ1) is 11.5. The Hall–Kier alpha value is -2.04. The molecule has 1 atom stereocenters. The Balaban J connectivity index is 2.21. The molecular weight excluding hydrogens is 302 g/mol. The first-order valence-electron chi connectivity index (χ1n) is 8.90. The molecule has 2 aromatic rings. The zero-order valence-corrected chi connectivity index (χ0v) is 15.4. The van der Waals surface area contributed by atoms with E-state index in [4.69, 9.17) is 4.74 Å². The molecule has 2 rings (SSSR count). The maximum atomic E-state index is 12.5. The van der Waals surface area contributed by atoms with Crippen molar-refractivity contribution in [2.24, 2.45) is 13.0 Å². The molecule has 0 aliphatic carbocycles. The second-order valence-electron chi connectivity index (χ2n) is 6.56. The first-order valence-corrected chi connectivity index (χ1v) is 8.90. The fraction of sp³-hybridized carbons (Fsp3) is 0.579. The molecule has 132 valence electrons. The van der Waals surface area contributed by atoms with E-state index >= 15 is 0 Å². The Morgan fingerprint density at radius 2 is 2.08 bits per heavy atom. The van der Waals surface area contributed by atoms with Gasteiger partial charge in [0.1, 0.15) is 0 Å². The minimum absolute atomic E-state index is 0.0554. The van der Waals surface area contributed by atoms with Crippen molar-refractivity contribution in [3.05, 3.63) is 18.2 Å². The summed E-state index contributed by atoms with van der Waals surface area (Å²) in [5.74, 6) is 0.776.